The highest BCUT2D eigenvalue weighted by Gasteiger charge is 2.11. The average molecular weight is 619 g/mol. The smallest absolute Gasteiger partial charge is 0.313 e. The van der Waals surface area contributed by atoms with E-state index in [1.807, 2.05) is 0 Å². The van der Waals surface area contributed by atoms with Gasteiger partial charge in [0, 0.05) is 27.1 Å². The second kappa shape index (κ2) is 33.9. The van der Waals surface area contributed by atoms with Gasteiger partial charge in [-0.05, 0) is 26.7 Å². The van der Waals surface area contributed by atoms with Crippen LogP contribution in [0.15, 0.2) is 0 Å². The molecule has 0 aromatic rings. The molecule has 0 unspecified atom stereocenters. The van der Waals surface area contributed by atoms with E-state index in [2.05, 4.69) is 55.9 Å². The molecule has 0 aliphatic carbocycles. The van der Waals surface area contributed by atoms with Gasteiger partial charge in [-0.1, -0.05) is 104 Å². The Morgan fingerprint density at radius 3 is 1.00 bits per heavy atom. The van der Waals surface area contributed by atoms with Gasteiger partial charge in [0.1, 0.15) is 13.1 Å². The minimum atomic E-state index is -0.338. The monoisotopic (exact) mass is 619 g/mol. The van der Waals surface area contributed by atoms with Crippen LogP contribution in [-0.4, -0.2) is 103 Å². The molecular weight excluding hydrogens is 540 g/mol. The third-order valence-corrected chi connectivity index (χ3v) is 8.21. The first-order valence-corrected chi connectivity index (χ1v) is 17.8. The van der Waals surface area contributed by atoms with Crippen molar-refractivity contribution >= 4 is 11.9 Å². The number of quaternary nitrogens is 2. The summed E-state index contributed by atoms with van der Waals surface area (Å²) >= 11 is 0. The van der Waals surface area contributed by atoms with Crippen molar-refractivity contribution in [2.45, 2.75) is 143 Å². The molecule has 0 aromatic carbocycles. The number of esters is 2. The number of rotatable bonds is 26. The lowest BCUT2D eigenvalue weighted by molar-refractivity contribution is -0.888. The second-order valence-corrected chi connectivity index (χ2v) is 13.2. The molecule has 0 fully saturated rings. The molecule has 0 aromatic heterocycles. The highest BCUT2D eigenvalue weighted by Crippen LogP contribution is 2.12. The van der Waals surface area contributed by atoms with Crippen molar-refractivity contribution in [3.8, 4) is 0 Å². The largest absolute Gasteiger partial charge is 0.393 e. The van der Waals surface area contributed by atoms with E-state index < -0.39 is 0 Å². The predicted molar refractivity (Wildman–Crippen MR) is 184 cm³/mol. The Morgan fingerprint density at radius 1 is 0.465 bits per heavy atom. The van der Waals surface area contributed by atoms with Crippen molar-refractivity contribution < 1.29 is 32.8 Å². The fourth-order valence-electron chi connectivity index (χ4n) is 4.03. The van der Waals surface area contributed by atoms with Crippen LogP contribution in [0.25, 0.3) is 0 Å². The second-order valence-electron chi connectivity index (χ2n) is 13.2. The van der Waals surface area contributed by atoms with E-state index in [9.17, 15) is 9.59 Å². The van der Waals surface area contributed by atoms with E-state index in [4.69, 9.17) is 14.2 Å². The zero-order valence-corrected chi connectivity index (χ0v) is 30.9. The SMILES string of the molecule is CCCCCCCCCCCC(=O)OC(=O)CCCCCCCCC.CC[N+](C)(C)CCOC.CC[N+](C)(C)CCOC. The maximum atomic E-state index is 11.6. The molecule has 43 heavy (non-hydrogen) atoms. The number of nitrogens with zero attached hydrogens (tertiary/aromatic N) is 2. The van der Waals surface area contributed by atoms with Gasteiger partial charge in [0.25, 0.3) is 0 Å². The Morgan fingerprint density at radius 2 is 0.744 bits per heavy atom. The molecule has 0 spiro atoms. The predicted octanol–water partition coefficient (Wildman–Crippen LogP) is 8.58. The van der Waals surface area contributed by atoms with E-state index >= 15 is 0 Å². The molecule has 0 amide bonds. The number of hydrogen-bond donors (Lipinski definition) is 0. The third-order valence-electron chi connectivity index (χ3n) is 8.21. The zero-order valence-electron chi connectivity index (χ0n) is 30.9. The summed E-state index contributed by atoms with van der Waals surface area (Å²) in [5.74, 6) is -0.676. The van der Waals surface area contributed by atoms with Crippen LogP contribution in [0.3, 0.4) is 0 Å². The molecule has 0 radical (unpaired) electrons. The lowest BCUT2D eigenvalue weighted by Gasteiger charge is -2.27. The lowest BCUT2D eigenvalue weighted by atomic mass is 10.1. The number of carbonyl (C=O) groups is 2. The average Bonchev–Trinajstić information content (AvgIpc) is 2.98. The molecule has 0 heterocycles. The zero-order chi connectivity index (χ0) is 33.2. The minimum absolute atomic E-state index is 0.337. The fraction of sp³-hybridized carbons (Fsp3) is 0.944. The lowest BCUT2D eigenvalue weighted by Crippen LogP contribution is -2.41. The van der Waals surface area contributed by atoms with Crippen molar-refractivity contribution in [2.75, 3.05) is 81.8 Å². The van der Waals surface area contributed by atoms with Crippen LogP contribution in [0.2, 0.25) is 0 Å². The highest BCUT2D eigenvalue weighted by molar-refractivity contribution is 5.85. The summed E-state index contributed by atoms with van der Waals surface area (Å²) in [4.78, 5) is 23.2. The van der Waals surface area contributed by atoms with E-state index in [1.54, 1.807) is 14.2 Å². The maximum Gasteiger partial charge on any atom is 0.313 e. The van der Waals surface area contributed by atoms with E-state index in [0.29, 0.717) is 12.8 Å². The highest BCUT2D eigenvalue weighted by atomic mass is 16.6. The van der Waals surface area contributed by atoms with Crippen LogP contribution in [0.4, 0.5) is 0 Å². The van der Waals surface area contributed by atoms with Crippen LogP contribution in [0.1, 0.15) is 143 Å². The fourth-order valence-corrected chi connectivity index (χ4v) is 4.03. The molecule has 0 N–H and O–H groups in total. The van der Waals surface area contributed by atoms with Gasteiger partial charge in [0.05, 0.1) is 54.5 Å². The summed E-state index contributed by atoms with van der Waals surface area (Å²) in [5.41, 5.74) is 0. The van der Waals surface area contributed by atoms with Crippen LogP contribution < -0.4 is 0 Å². The molecule has 0 saturated carbocycles. The molecule has 260 valence electrons. The molecule has 7 heteroatoms. The Bertz CT molecular complexity index is 576. The van der Waals surface area contributed by atoms with Crippen molar-refractivity contribution in [3.63, 3.8) is 0 Å². The van der Waals surface area contributed by atoms with Crippen LogP contribution in [-0.2, 0) is 23.8 Å². The van der Waals surface area contributed by atoms with Crippen LogP contribution >= 0.6 is 0 Å². The number of ether oxygens (including phenoxy) is 3. The van der Waals surface area contributed by atoms with Gasteiger partial charge in [-0.3, -0.25) is 9.59 Å². The summed E-state index contributed by atoms with van der Waals surface area (Å²) < 4.78 is 16.9. The number of carbonyl (C=O) groups excluding carboxylic acids is 2. The van der Waals surface area contributed by atoms with Crippen molar-refractivity contribution in [1.82, 2.24) is 0 Å². The standard InChI is InChI=1S/C22H42O3.2C7H18NO/c1-3-5-7-9-11-12-14-16-18-20-22(24)25-21(23)19-17-15-13-10-8-6-4-2;2*1-5-8(2,3)6-7-9-4/h3-20H2,1-2H3;2*5-7H2,1-4H3/q;2*+1. The normalized spacial score (nSPS) is 11.3. The number of hydrogen-bond acceptors (Lipinski definition) is 5. The first-order valence-electron chi connectivity index (χ1n) is 17.8. The summed E-state index contributed by atoms with van der Waals surface area (Å²) in [7, 11) is 12.3. The van der Waals surface area contributed by atoms with Gasteiger partial charge in [-0.2, -0.15) is 0 Å². The van der Waals surface area contributed by atoms with Gasteiger partial charge in [0.2, 0.25) is 0 Å². The number of likely N-dealkylation sites (N-methyl/N-ethyl adjacent to an activating group) is 2. The van der Waals surface area contributed by atoms with Gasteiger partial charge < -0.3 is 23.2 Å². The molecule has 0 bridgehead atoms. The Kier molecular flexibility index (Phi) is 36.5. The van der Waals surface area contributed by atoms with Crippen molar-refractivity contribution in [3.05, 3.63) is 0 Å². The van der Waals surface area contributed by atoms with Crippen LogP contribution in [0, 0.1) is 0 Å². The number of methoxy groups -OCH3 is 2. The first kappa shape index (κ1) is 46.4. The maximum absolute atomic E-state index is 11.6. The van der Waals surface area contributed by atoms with Crippen molar-refractivity contribution in [1.29, 1.82) is 0 Å². The van der Waals surface area contributed by atoms with Gasteiger partial charge >= 0.3 is 11.9 Å². The molecule has 0 atom stereocenters. The summed E-state index contributed by atoms with van der Waals surface area (Å²) in [6, 6.07) is 0. The molecule has 0 aliphatic rings. The number of unbranched alkanes of at least 4 members (excludes halogenated alkanes) is 14. The molecular formula is C36H78N2O5+2. The van der Waals surface area contributed by atoms with Gasteiger partial charge in [-0.25, -0.2) is 0 Å². The first-order chi connectivity index (χ1) is 20.4. The van der Waals surface area contributed by atoms with E-state index in [0.717, 1.165) is 61.0 Å². The quantitative estimate of drug-likeness (QED) is 0.0421. The molecule has 0 rings (SSSR count). The van der Waals surface area contributed by atoms with E-state index in [-0.39, 0.29) is 11.9 Å². The Labute approximate surface area is 269 Å². The third kappa shape index (κ3) is 41.0. The Balaban J connectivity index is -0.000000722. The summed E-state index contributed by atoms with van der Waals surface area (Å²) in [6.07, 6.45) is 19.9. The topological polar surface area (TPSA) is 61.8 Å². The summed E-state index contributed by atoms with van der Waals surface area (Å²) in [6.45, 7) is 15.1. The molecule has 7 nitrogen and oxygen atoms in total. The van der Waals surface area contributed by atoms with Gasteiger partial charge in [-0.15, -0.1) is 0 Å². The Hall–Kier alpha value is -1.02. The van der Waals surface area contributed by atoms with Gasteiger partial charge in [0.15, 0.2) is 0 Å². The molecule has 0 saturated heterocycles. The van der Waals surface area contributed by atoms with Crippen molar-refractivity contribution in [2.24, 2.45) is 0 Å². The minimum Gasteiger partial charge on any atom is -0.393 e. The van der Waals surface area contributed by atoms with Crippen LogP contribution in [0.5, 0.6) is 0 Å². The van der Waals surface area contributed by atoms with E-state index in [1.165, 1.54) is 90.1 Å². The molecule has 0 aliphatic heterocycles. The summed E-state index contributed by atoms with van der Waals surface area (Å²) in [5, 5.41) is 0.